The predicted octanol–water partition coefficient (Wildman–Crippen LogP) is 1.53. The molecule has 2 aromatic carbocycles. The largest absolute Gasteiger partial charge is 0.508 e. The van der Waals surface area contributed by atoms with E-state index in [4.69, 9.17) is 11.5 Å². The first-order chi connectivity index (χ1) is 9.54. The minimum atomic E-state index is -0.206. The second-order valence-corrected chi connectivity index (χ2v) is 4.56. The van der Waals surface area contributed by atoms with Gasteiger partial charge in [-0.25, -0.2) is 0 Å². The summed E-state index contributed by atoms with van der Waals surface area (Å²) in [7, 11) is 0. The van der Waals surface area contributed by atoms with Crippen LogP contribution in [0.3, 0.4) is 0 Å². The number of amides is 1. The Morgan fingerprint density at radius 2 is 1.65 bits per heavy atom. The van der Waals surface area contributed by atoms with Crippen molar-refractivity contribution in [2.24, 2.45) is 0 Å². The van der Waals surface area contributed by atoms with E-state index in [1.807, 2.05) is 12.1 Å². The number of nitrogens with one attached hydrogen (secondary N) is 1. The molecular weight excluding hydrogens is 254 g/mol. The van der Waals surface area contributed by atoms with Gasteiger partial charge in [0.15, 0.2) is 0 Å². The first-order valence-electron chi connectivity index (χ1n) is 6.27. The lowest BCUT2D eigenvalue weighted by molar-refractivity contribution is 0.0954. The number of carbonyl (C=O) groups is 1. The van der Waals surface area contributed by atoms with Gasteiger partial charge in [0.05, 0.1) is 0 Å². The van der Waals surface area contributed by atoms with Crippen LogP contribution in [0.4, 0.5) is 11.4 Å². The number of hydrogen-bond donors (Lipinski definition) is 4. The molecule has 0 spiro atoms. The molecule has 2 rings (SSSR count). The molecular formula is C15H17N3O2. The zero-order valence-electron chi connectivity index (χ0n) is 11.0. The van der Waals surface area contributed by atoms with E-state index < -0.39 is 0 Å². The van der Waals surface area contributed by atoms with Crippen molar-refractivity contribution in [3.05, 3.63) is 53.6 Å². The smallest absolute Gasteiger partial charge is 0.251 e. The van der Waals surface area contributed by atoms with Crippen molar-refractivity contribution in [2.45, 2.75) is 6.42 Å². The molecule has 5 heteroatoms. The average molecular weight is 271 g/mol. The number of phenolic OH excluding ortho intramolecular Hbond substituents is 1. The molecule has 0 aliphatic carbocycles. The summed E-state index contributed by atoms with van der Waals surface area (Å²) in [5, 5.41) is 12.0. The monoisotopic (exact) mass is 271 g/mol. The van der Waals surface area contributed by atoms with Crippen LogP contribution in [0.1, 0.15) is 15.9 Å². The van der Waals surface area contributed by atoms with Crippen molar-refractivity contribution < 1.29 is 9.90 Å². The van der Waals surface area contributed by atoms with Crippen LogP contribution in [0, 0.1) is 0 Å². The summed E-state index contributed by atoms with van der Waals surface area (Å²) in [5.41, 5.74) is 13.7. The molecule has 2 aromatic rings. The highest BCUT2D eigenvalue weighted by molar-refractivity contribution is 5.96. The standard InChI is InChI=1S/C15H17N3O2/c16-12-7-11(8-13(17)9-12)15(20)18-6-5-10-1-3-14(19)4-2-10/h1-4,7-9,19H,5-6,16-17H2,(H,18,20). The fourth-order valence-corrected chi connectivity index (χ4v) is 1.89. The van der Waals surface area contributed by atoms with Crippen LogP contribution in [-0.4, -0.2) is 17.6 Å². The summed E-state index contributed by atoms with van der Waals surface area (Å²) in [4.78, 5) is 11.9. The Morgan fingerprint density at radius 1 is 1.05 bits per heavy atom. The number of phenols is 1. The van der Waals surface area contributed by atoms with Crippen LogP contribution in [0.25, 0.3) is 0 Å². The summed E-state index contributed by atoms with van der Waals surface area (Å²) in [5.74, 6) is 0.0239. The number of hydrogen-bond acceptors (Lipinski definition) is 4. The van der Waals surface area contributed by atoms with E-state index in [0.717, 1.165) is 5.56 Å². The van der Waals surface area contributed by atoms with Crippen LogP contribution in [0.2, 0.25) is 0 Å². The molecule has 0 aliphatic rings. The first kappa shape index (κ1) is 13.7. The van der Waals surface area contributed by atoms with E-state index in [2.05, 4.69) is 5.32 Å². The molecule has 5 nitrogen and oxygen atoms in total. The highest BCUT2D eigenvalue weighted by atomic mass is 16.3. The first-order valence-corrected chi connectivity index (χ1v) is 6.27. The van der Waals surface area contributed by atoms with Gasteiger partial charge < -0.3 is 21.9 Å². The Kier molecular flexibility index (Phi) is 4.10. The fraction of sp³-hybridized carbons (Fsp3) is 0.133. The van der Waals surface area contributed by atoms with Gasteiger partial charge in [0, 0.05) is 23.5 Å². The Labute approximate surface area is 117 Å². The van der Waals surface area contributed by atoms with Crippen molar-refractivity contribution in [2.75, 3.05) is 18.0 Å². The molecule has 0 saturated heterocycles. The van der Waals surface area contributed by atoms with Crippen LogP contribution >= 0.6 is 0 Å². The van der Waals surface area contributed by atoms with Crippen LogP contribution in [0.5, 0.6) is 5.75 Å². The van der Waals surface area contributed by atoms with Gasteiger partial charge in [-0.1, -0.05) is 12.1 Å². The van der Waals surface area contributed by atoms with Gasteiger partial charge in [0.25, 0.3) is 5.91 Å². The molecule has 0 atom stereocenters. The minimum Gasteiger partial charge on any atom is -0.508 e. The van der Waals surface area contributed by atoms with E-state index >= 15 is 0 Å². The third-order valence-electron chi connectivity index (χ3n) is 2.88. The van der Waals surface area contributed by atoms with Gasteiger partial charge in [-0.15, -0.1) is 0 Å². The van der Waals surface area contributed by atoms with Gasteiger partial charge >= 0.3 is 0 Å². The summed E-state index contributed by atoms with van der Waals surface area (Å²) in [6.45, 7) is 0.498. The molecule has 104 valence electrons. The normalized spacial score (nSPS) is 10.2. The highest BCUT2D eigenvalue weighted by Gasteiger charge is 2.06. The maximum atomic E-state index is 11.9. The lowest BCUT2D eigenvalue weighted by Gasteiger charge is -2.07. The number of rotatable bonds is 4. The average Bonchev–Trinajstić information content (AvgIpc) is 2.40. The van der Waals surface area contributed by atoms with Crippen molar-refractivity contribution in [1.82, 2.24) is 5.32 Å². The van der Waals surface area contributed by atoms with Gasteiger partial charge in [-0.3, -0.25) is 4.79 Å². The van der Waals surface area contributed by atoms with E-state index in [-0.39, 0.29) is 11.7 Å². The van der Waals surface area contributed by atoms with Crippen LogP contribution < -0.4 is 16.8 Å². The Balaban J connectivity index is 1.90. The lowest BCUT2D eigenvalue weighted by atomic mass is 10.1. The molecule has 0 aliphatic heterocycles. The molecule has 0 fully saturated rings. The summed E-state index contributed by atoms with van der Waals surface area (Å²) in [6, 6.07) is 11.7. The quantitative estimate of drug-likeness (QED) is 0.633. The van der Waals surface area contributed by atoms with E-state index in [0.29, 0.717) is 29.9 Å². The molecule has 0 saturated carbocycles. The van der Waals surface area contributed by atoms with Crippen molar-refractivity contribution >= 4 is 17.3 Å². The second kappa shape index (κ2) is 5.97. The molecule has 0 heterocycles. The van der Waals surface area contributed by atoms with Crippen molar-refractivity contribution in [1.29, 1.82) is 0 Å². The third kappa shape index (κ3) is 3.65. The van der Waals surface area contributed by atoms with Crippen LogP contribution in [-0.2, 0) is 6.42 Å². The third-order valence-corrected chi connectivity index (χ3v) is 2.88. The number of nitrogen functional groups attached to an aromatic ring is 2. The number of anilines is 2. The number of nitrogens with two attached hydrogens (primary N) is 2. The molecule has 6 N–H and O–H groups in total. The summed E-state index contributed by atoms with van der Waals surface area (Å²) >= 11 is 0. The molecule has 0 bridgehead atoms. The molecule has 0 aromatic heterocycles. The van der Waals surface area contributed by atoms with Gasteiger partial charge in [0.1, 0.15) is 5.75 Å². The zero-order chi connectivity index (χ0) is 14.5. The zero-order valence-corrected chi connectivity index (χ0v) is 11.0. The van der Waals surface area contributed by atoms with Crippen molar-refractivity contribution in [3.63, 3.8) is 0 Å². The van der Waals surface area contributed by atoms with Crippen LogP contribution in [0.15, 0.2) is 42.5 Å². The second-order valence-electron chi connectivity index (χ2n) is 4.56. The predicted molar refractivity (Wildman–Crippen MR) is 79.4 cm³/mol. The number of carbonyl (C=O) groups excluding carboxylic acids is 1. The van der Waals surface area contributed by atoms with Gasteiger partial charge in [0.2, 0.25) is 0 Å². The Bertz CT molecular complexity index is 589. The maximum absolute atomic E-state index is 11.9. The molecule has 20 heavy (non-hydrogen) atoms. The van der Waals surface area contributed by atoms with E-state index in [1.165, 1.54) is 0 Å². The fourth-order valence-electron chi connectivity index (χ4n) is 1.89. The number of benzene rings is 2. The summed E-state index contributed by atoms with van der Waals surface area (Å²) < 4.78 is 0. The Hall–Kier alpha value is -2.69. The molecule has 1 amide bonds. The summed E-state index contributed by atoms with van der Waals surface area (Å²) in [6.07, 6.45) is 0.684. The van der Waals surface area contributed by atoms with Gasteiger partial charge in [-0.2, -0.15) is 0 Å². The highest BCUT2D eigenvalue weighted by Crippen LogP contribution is 2.13. The van der Waals surface area contributed by atoms with Gasteiger partial charge in [-0.05, 0) is 42.3 Å². The number of aromatic hydroxyl groups is 1. The molecule has 0 unspecified atom stereocenters. The minimum absolute atomic E-state index is 0.206. The van der Waals surface area contributed by atoms with E-state index in [1.54, 1.807) is 30.3 Å². The van der Waals surface area contributed by atoms with Crippen molar-refractivity contribution in [3.8, 4) is 5.75 Å². The lowest BCUT2D eigenvalue weighted by Crippen LogP contribution is -2.25. The molecule has 0 radical (unpaired) electrons. The van der Waals surface area contributed by atoms with E-state index in [9.17, 15) is 9.90 Å². The SMILES string of the molecule is Nc1cc(N)cc(C(=O)NCCc2ccc(O)cc2)c1. The Morgan fingerprint density at radius 3 is 2.25 bits per heavy atom. The maximum Gasteiger partial charge on any atom is 0.251 e. The topological polar surface area (TPSA) is 101 Å².